The topological polar surface area (TPSA) is 78.5 Å². The predicted molar refractivity (Wildman–Crippen MR) is 65.0 cm³/mol. The molecule has 0 unspecified atom stereocenters. The molecule has 0 aliphatic carbocycles. The molecule has 1 aromatic rings. The van der Waals surface area contributed by atoms with Crippen molar-refractivity contribution >= 4 is 24.8 Å². The van der Waals surface area contributed by atoms with Crippen molar-refractivity contribution in [2.45, 2.75) is 6.54 Å². The van der Waals surface area contributed by atoms with E-state index in [4.69, 9.17) is 15.9 Å². The van der Waals surface area contributed by atoms with E-state index < -0.39 is 0 Å². The van der Waals surface area contributed by atoms with E-state index in [1.165, 1.54) is 12.1 Å². The zero-order valence-corrected chi connectivity index (χ0v) is 9.77. The van der Waals surface area contributed by atoms with Crippen LogP contribution in [-0.2, 0) is 6.54 Å². The normalized spacial score (nSPS) is 8.87. The van der Waals surface area contributed by atoms with Crippen LogP contribution in [0.2, 0.25) is 0 Å². The fourth-order valence-electron chi connectivity index (χ4n) is 1.01. The number of phenols is 2. The van der Waals surface area contributed by atoms with E-state index in [1.54, 1.807) is 6.07 Å². The highest BCUT2D eigenvalue weighted by atomic mass is 35.5. The van der Waals surface area contributed by atoms with Gasteiger partial charge in [-0.1, -0.05) is 6.07 Å². The SMILES string of the molecule is Cl.Cl.NCCNCc1ccc(O)c(O)c1. The minimum atomic E-state index is -0.0948. The zero-order valence-electron chi connectivity index (χ0n) is 8.14. The van der Waals surface area contributed by atoms with E-state index in [-0.39, 0.29) is 36.3 Å². The Kier molecular flexibility index (Phi) is 9.61. The second-order valence-corrected chi connectivity index (χ2v) is 2.79. The molecule has 0 aliphatic rings. The van der Waals surface area contributed by atoms with Crippen molar-refractivity contribution in [1.29, 1.82) is 0 Å². The van der Waals surface area contributed by atoms with E-state index >= 15 is 0 Å². The smallest absolute Gasteiger partial charge is 0.157 e. The first-order valence-electron chi connectivity index (χ1n) is 4.15. The second kappa shape index (κ2) is 8.61. The summed E-state index contributed by atoms with van der Waals surface area (Å²) in [6.07, 6.45) is 0. The first kappa shape index (κ1) is 16.7. The van der Waals surface area contributed by atoms with Crippen molar-refractivity contribution in [3.05, 3.63) is 23.8 Å². The van der Waals surface area contributed by atoms with Crippen LogP contribution >= 0.6 is 24.8 Å². The maximum atomic E-state index is 9.15. The minimum Gasteiger partial charge on any atom is -0.504 e. The third-order valence-electron chi connectivity index (χ3n) is 1.69. The van der Waals surface area contributed by atoms with Gasteiger partial charge in [-0.15, -0.1) is 24.8 Å². The van der Waals surface area contributed by atoms with E-state index in [0.717, 1.165) is 12.1 Å². The Bertz CT molecular complexity index is 285. The minimum absolute atomic E-state index is 0. The monoisotopic (exact) mass is 254 g/mol. The van der Waals surface area contributed by atoms with Crippen molar-refractivity contribution in [3.63, 3.8) is 0 Å². The van der Waals surface area contributed by atoms with Crippen LogP contribution in [-0.4, -0.2) is 23.3 Å². The number of halogens is 2. The van der Waals surface area contributed by atoms with Crippen LogP contribution in [0.4, 0.5) is 0 Å². The maximum Gasteiger partial charge on any atom is 0.157 e. The van der Waals surface area contributed by atoms with E-state index in [9.17, 15) is 0 Å². The van der Waals surface area contributed by atoms with Crippen molar-refractivity contribution in [2.24, 2.45) is 5.73 Å². The summed E-state index contributed by atoms with van der Waals surface area (Å²) >= 11 is 0. The maximum absolute atomic E-state index is 9.15. The summed E-state index contributed by atoms with van der Waals surface area (Å²) in [6, 6.07) is 4.74. The van der Waals surface area contributed by atoms with Crippen molar-refractivity contribution in [3.8, 4) is 11.5 Å². The average molecular weight is 255 g/mol. The van der Waals surface area contributed by atoms with E-state index in [0.29, 0.717) is 13.1 Å². The molecule has 0 amide bonds. The molecular formula is C9H16Cl2N2O2. The molecule has 0 fully saturated rings. The summed E-state index contributed by atoms with van der Waals surface area (Å²) < 4.78 is 0. The number of rotatable bonds is 4. The van der Waals surface area contributed by atoms with Crippen LogP contribution in [0.25, 0.3) is 0 Å². The van der Waals surface area contributed by atoms with Crippen LogP contribution in [0, 0.1) is 0 Å². The lowest BCUT2D eigenvalue weighted by Crippen LogP contribution is -2.21. The zero-order chi connectivity index (χ0) is 9.68. The molecule has 15 heavy (non-hydrogen) atoms. The molecule has 5 N–H and O–H groups in total. The summed E-state index contributed by atoms with van der Waals surface area (Å²) in [7, 11) is 0. The van der Waals surface area contributed by atoms with E-state index in [1.807, 2.05) is 0 Å². The Hall–Kier alpha value is -0.680. The lowest BCUT2D eigenvalue weighted by Gasteiger charge is -2.04. The van der Waals surface area contributed by atoms with Gasteiger partial charge in [-0.3, -0.25) is 0 Å². The lowest BCUT2D eigenvalue weighted by molar-refractivity contribution is 0.403. The van der Waals surface area contributed by atoms with Gasteiger partial charge in [-0.25, -0.2) is 0 Å². The molecular weight excluding hydrogens is 239 g/mol. The number of hydrogen-bond acceptors (Lipinski definition) is 4. The largest absolute Gasteiger partial charge is 0.504 e. The molecule has 1 aromatic carbocycles. The highest BCUT2D eigenvalue weighted by Crippen LogP contribution is 2.24. The van der Waals surface area contributed by atoms with Gasteiger partial charge in [0.1, 0.15) is 0 Å². The molecule has 0 aliphatic heterocycles. The molecule has 0 spiro atoms. The summed E-state index contributed by atoms with van der Waals surface area (Å²) in [5.74, 6) is -0.186. The quantitative estimate of drug-likeness (QED) is 0.478. The number of phenolic OH excluding ortho intramolecular Hbond substituents is 2. The van der Waals surface area contributed by atoms with Crippen LogP contribution in [0.5, 0.6) is 11.5 Å². The highest BCUT2D eigenvalue weighted by molar-refractivity contribution is 5.85. The van der Waals surface area contributed by atoms with Gasteiger partial charge < -0.3 is 21.3 Å². The summed E-state index contributed by atoms with van der Waals surface area (Å²) in [5.41, 5.74) is 6.21. The Morgan fingerprint density at radius 3 is 2.33 bits per heavy atom. The van der Waals surface area contributed by atoms with Gasteiger partial charge in [0.05, 0.1) is 0 Å². The van der Waals surface area contributed by atoms with Crippen LogP contribution in [0.3, 0.4) is 0 Å². The van der Waals surface area contributed by atoms with E-state index in [2.05, 4.69) is 5.32 Å². The Balaban J connectivity index is 0. The summed E-state index contributed by atoms with van der Waals surface area (Å²) in [5, 5.41) is 21.3. The number of aromatic hydroxyl groups is 2. The Morgan fingerprint density at radius 1 is 1.13 bits per heavy atom. The van der Waals surface area contributed by atoms with Gasteiger partial charge in [0.15, 0.2) is 11.5 Å². The third kappa shape index (κ3) is 5.69. The van der Waals surface area contributed by atoms with Gasteiger partial charge in [-0.2, -0.15) is 0 Å². The Labute approximate surface area is 101 Å². The van der Waals surface area contributed by atoms with Crippen molar-refractivity contribution in [1.82, 2.24) is 5.32 Å². The number of nitrogens with one attached hydrogen (secondary N) is 1. The van der Waals surface area contributed by atoms with Crippen LogP contribution in [0.1, 0.15) is 5.56 Å². The fraction of sp³-hybridized carbons (Fsp3) is 0.333. The molecule has 0 aromatic heterocycles. The number of hydrogen-bond donors (Lipinski definition) is 4. The predicted octanol–water partition coefficient (Wildman–Crippen LogP) is 0.990. The Morgan fingerprint density at radius 2 is 1.80 bits per heavy atom. The average Bonchev–Trinajstić information content (AvgIpc) is 2.12. The molecule has 88 valence electrons. The van der Waals surface area contributed by atoms with Crippen LogP contribution in [0.15, 0.2) is 18.2 Å². The molecule has 0 atom stereocenters. The molecule has 1 rings (SSSR count). The molecule has 0 saturated heterocycles. The standard InChI is InChI=1S/C9H14N2O2.2ClH/c10-3-4-11-6-7-1-2-8(12)9(13)5-7;;/h1-2,5,11-13H,3-4,6,10H2;2*1H. The van der Waals surface area contributed by atoms with Gasteiger partial charge >= 0.3 is 0 Å². The molecule has 0 saturated carbocycles. The fourth-order valence-corrected chi connectivity index (χ4v) is 1.01. The summed E-state index contributed by atoms with van der Waals surface area (Å²) in [6.45, 7) is 1.97. The van der Waals surface area contributed by atoms with Gasteiger partial charge in [-0.05, 0) is 17.7 Å². The highest BCUT2D eigenvalue weighted by Gasteiger charge is 1.99. The van der Waals surface area contributed by atoms with Gasteiger partial charge in [0, 0.05) is 19.6 Å². The third-order valence-corrected chi connectivity index (χ3v) is 1.69. The number of benzene rings is 1. The first-order chi connectivity index (χ1) is 6.24. The van der Waals surface area contributed by atoms with Gasteiger partial charge in [0.2, 0.25) is 0 Å². The molecule has 0 bridgehead atoms. The molecule has 6 heteroatoms. The first-order valence-corrected chi connectivity index (χ1v) is 4.15. The van der Waals surface area contributed by atoms with Gasteiger partial charge in [0.25, 0.3) is 0 Å². The molecule has 0 radical (unpaired) electrons. The van der Waals surface area contributed by atoms with Crippen LogP contribution < -0.4 is 11.1 Å². The molecule has 0 heterocycles. The lowest BCUT2D eigenvalue weighted by atomic mass is 10.2. The summed E-state index contributed by atoms with van der Waals surface area (Å²) in [4.78, 5) is 0. The number of nitrogens with two attached hydrogens (primary N) is 1. The second-order valence-electron chi connectivity index (χ2n) is 2.79. The van der Waals surface area contributed by atoms with Crippen molar-refractivity contribution < 1.29 is 10.2 Å². The molecule has 4 nitrogen and oxygen atoms in total. The van der Waals surface area contributed by atoms with Crippen molar-refractivity contribution in [2.75, 3.05) is 13.1 Å².